The van der Waals surface area contributed by atoms with Crippen LogP contribution in [-0.2, 0) is 4.74 Å². The van der Waals surface area contributed by atoms with Crippen molar-refractivity contribution in [1.82, 2.24) is 10.3 Å². The number of nitrogens with one attached hydrogen (secondary N) is 1. The van der Waals surface area contributed by atoms with Gasteiger partial charge in [0, 0.05) is 12.7 Å². The van der Waals surface area contributed by atoms with Gasteiger partial charge < -0.3 is 10.1 Å². The van der Waals surface area contributed by atoms with Crippen LogP contribution in [0.15, 0.2) is 30.6 Å². The summed E-state index contributed by atoms with van der Waals surface area (Å²) in [5, 5.41) is 2.60. The number of ether oxygens (including phenoxy) is 1. The second-order valence-electron chi connectivity index (χ2n) is 3.66. The Morgan fingerprint density at radius 2 is 2.35 bits per heavy atom. The molecule has 0 aliphatic carbocycles. The van der Waals surface area contributed by atoms with Gasteiger partial charge in [-0.3, -0.25) is 9.78 Å². The minimum atomic E-state index is -0.531. The topological polar surface area (TPSA) is 51.2 Å². The molecule has 0 radical (unpaired) electrons. The van der Waals surface area contributed by atoms with Crippen LogP contribution < -0.4 is 5.32 Å². The highest BCUT2D eigenvalue weighted by atomic mass is 19.1. The summed E-state index contributed by atoms with van der Waals surface area (Å²) in [6.07, 6.45) is 2.36. The molecule has 0 aliphatic heterocycles. The minimum absolute atomic E-state index is 0.199. The monoisotopic (exact) mass is 238 g/mol. The molecule has 0 bridgehead atoms. The Bertz CT molecular complexity index is 407. The lowest BCUT2D eigenvalue weighted by atomic mass is 10.2. The van der Waals surface area contributed by atoms with E-state index in [2.05, 4.69) is 16.9 Å². The summed E-state index contributed by atoms with van der Waals surface area (Å²) in [4.78, 5) is 15.1. The molecular weight excluding hydrogens is 223 g/mol. The fourth-order valence-electron chi connectivity index (χ4n) is 1.12. The van der Waals surface area contributed by atoms with Crippen molar-refractivity contribution in [2.45, 2.75) is 6.92 Å². The quantitative estimate of drug-likeness (QED) is 0.604. The van der Waals surface area contributed by atoms with Crippen LogP contribution in [0.4, 0.5) is 4.39 Å². The van der Waals surface area contributed by atoms with Crippen molar-refractivity contribution in [3.63, 3.8) is 0 Å². The first-order valence-electron chi connectivity index (χ1n) is 5.20. The number of hydrogen-bond acceptors (Lipinski definition) is 3. The summed E-state index contributed by atoms with van der Waals surface area (Å²) >= 11 is 0. The van der Waals surface area contributed by atoms with Gasteiger partial charge >= 0.3 is 0 Å². The molecule has 5 heteroatoms. The Kier molecular flexibility index (Phi) is 5.29. The van der Waals surface area contributed by atoms with Crippen molar-refractivity contribution in [1.29, 1.82) is 0 Å². The SMILES string of the molecule is C=C(C)COCCNC(=O)c1cncc(F)c1. The predicted octanol–water partition coefficient (Wildman–Crippen LogP) is 1.54. The van der Waals surface area contributed by atoms with E-state index < -0.39 is 5.82 Å². The minimum Gasteiger partial charge on any atom is -0.375 e. The Hall–Kier alpha value is -1.75. The maximum atomic E-state index is 12.8. The number of hydrogen-bond donors (Lipinski definition) is 1. The largest absolute Gasteiger partial charge is 0.375 e. The van der Waals surface area contributed by atoms with E-state index in [-0.39, 0.29) is 11.5 Å². The van der Waals surface area contributed by atoms with Crippen LogP contribution in [0.5, 0.6) is 0 Å². The number of pyridine rings is 1. The van der Waals surface area contributed by atoms with Gasteiger partial charge in [-0.1, -0.05) is 12.2 Å². The molecule has 1 amide bonds. The molecule has 1 aromatic heterocycles. The van der Waals surface area contributed by atoms with Gasteiger partial charge in [0.25, 0.3) is 5.91 Å². The third-order valence-corrected chi connectivity index (χ3v) is 1.85. The van der Waals surface area contributed by atoms with Crippen LogP contribution in [0, 0.1) is 5.82 Å². The van der Waals surface area contributed by atoms with Gasteiger partial charge in [0.05, 0.1) is 25.0 Å². The molecule has 4 nitrogen and oxygen atoms in total. The van der Waals surface area contributed by atoms with E-state index in [9.17, 15) is 9.18 Å². The zero-order valence-electron chi connectivity index (χ0n) is 9.70. The first-order chi connectivity index (χ1) is 8.09. The van der Waals surface area contributed by atoms with Gasteiger partial charge in [-0.2, -0.15) is 0 Å². The molecule has 0 aromatic carbocycles. The second-order valence-corrected chi connectivity index (χ2v) is 3.66. The van der Waals surface area contributed by atoms with Crippen molar-refractivity contribution < 1.29 is 13.9 Å². The highest BCUT2D eigenvalue weighted by molar-refractivity contribution is 5.93. The Morgan fingerprint density at radius 1 is 1.59 bits per heavy atom. The zero-order chi connectivity index (χ0) is 12.7. The average molecular weight is 238 g/mol. The van der Waals surface area contributed by atoms with E-state index in [0.29, 0.717) is 19.8 Å². The molecule has 0 atom stereocenters. The lowest BCUT2D eigenvalue weighted by Crippen LogP contribution is -2.27. The van der Waals surface area contributed by atoms with Crippen LogP contribution in [-0.4, -0.2) is 30.6 Å². The molecule has 1 heterocycles. The molecule has 1 aromatic rings. The standard InChI is InChI=1S/C12H15FN2O2/c1-9(2)8-17-4-3-15-12(16)10-5-11(13)7-14-6-10/h5-7H,1,3-4,8H2,2H3,(H,15,16). The van der Waals surface area contributed by atoms with Crippen molar-refractivity contribution >= 4 is 5.91 Å². The van der Waals surface area contributed by atoms with E-state index in [1.54, 1.807) is 0 Å². The van der Waals surface area contributed by atoms with E-state index in [4.69, 9.17) is 4.74 Å². The summed E-state index contributed by atoms with van der Waals surface area (Å²) in [7, 11) is 0. The number of amides is 1. The number of carbonyl (C=O) groups is 1. The summed E-state index contributed by atoms with van der Waals surface area (Å²) in [6, 6.07) is 1.14. The first kappa shape index (κ1) is 13.3. The van der Waals surface area contributed by atoms with Gasteiger partial charge in [0.1, 0.15) is 5.82 Å². The van der Waals surface area contributed by atoms with Crippen molar-refractivity contribution in [3.8, 4) is 0 Å². The summed E-state index contributed by atoms with van der Waals surface area (Å²) in [6.45, 7) is 6.76. The fraction of sp³-hybridized carbons (Fsp3) is 0.333. The maximum Gasteiger partial charge on any atom is 0.253 e. The van der Waals surface area contributed by atoms with Crippen LogP contribution >= 0.6 is 0 Å². The molecule has 1 N–H and O–H groups in total. The van der Waals surface area contributed by atoms with Crippen LogP contribution in [0.1, 0.15) is 17.3 Å². The summed E-state index contributed by atoms with van der Waals surface area (Å²) in [5.41, 5.74) is 1.12. The number of carbonyl (C=O) groups excluding carboxylic acids is 1. The Labute approximate surface area is 99.5 Å². The third-order valence-electron chi connectivity index (χ3n) is 1.85. The highest BCUT2D eigenvalue weighted by Gasteiger charge is 2.05. The summed E-state index contributed by atoms with van der Waals surface area (Å²) < 4.78 is 18.0. The molecule has 0 fully saturated rings. The van der Waals surface area contributed by atoms with Crippen molar-refractivity contribution in [2.24, 2.45) is 0 Å². The van der Waals surface area contributed by atoms with Gasteiger partial charge in [-0.15, -0.1) is 0 Å². The molecular formula is C12H15FN2O2. The predicted molar refractivity (Wildman–Crippen MR) is 62.2 cm³/mol. The second kappa shape index (κ2) is 6.75. The van der Waals surface area contributed by atoms with E-state index >= 15 is 0 Å². The molecule has 0 unspecified atom stereocenters. The molecule has 17 heavy (non-hydrogen) atoms. The lowest BCUT2D eigenvalue weighted by Gasteiger charge is -2.06. The van der Waals surface area contributed by atoms with Crippen LogP contribution in [0.3, 0.4) is 0 Å². The first-order valence-corrected chi connectivity index (χ1v) is 5.20. The van der Waals surface area contributed by atoms with Gasteiger partial charge in [-0.05, 0) is 13.0 Å². The van der Waals surface area contributed by atoms with Crippen molar-refractivity contribution in [3.05, 3.63) is 42.0 Å². The van der Waals surface area contributed by atoms with Gasteiger partial charge in [0.2, 0.25) is 0 Å². The molecule has 0 saturated heterocycles. The highest BCUT2D eigenvalue weighted by Crippen LogP contribution is 2.00. The normalized spacial score (nSPS) is 10.0. The van der Waals surface area contributed by atoms with Gasteiger partial charge in [0.15, 0.2) is 0 Å². The van der Waals surface area contributed by atoms with Crippen molar-refractivity contribution in [2.75, 3.05) is 19.8 Å². The molecule has 1 rings (SSSR count). The van der Waals surface area contributed by atoms with Crippen LogP contribution in [0.2, 0.25) is 0 Å². The molecule has 92 valence electrons. The molecule has 0 saturated carbocycles. The fourth-order valence-corrected chi connectivity index (χ4v) is 1.12. The maximum absolute atomic E-state index is 12.8. The van der Waals surface area contributed by atoms with Gasteiger partial charge in [-0.25, -0.2) is 4.39 Å². The Balaban J connectivity index is 2.28. The van der Waals surface area contributed by atoms with E-state index in [0.717, 1.165) is 17.8 Å². The number of nitrogens with zero attached hydrogens (tertiary/aromatic N) is 1. The lowest BCUT2D eigenvalue weighted by molar-refractivity contribution is 0.0926. The average Bonchev–Trinajstić information content (AvgIpc) is 2.28. The number of aromatic nitrogens is 1. The molecule has 0 aliphatic rings. The van der Waals surface area contributed by atoms with Crippen LogP contribution in [0.25, 0.3) is 0 Å². The smallest absolute Gasteiger partial charge is 0.253 e. The summed E-state index contributed by atoms with van der Waals surface area (Å²) in [5.74, 6) is -0.896. The number of rotatable bonds is 6. The van der Waals surface area contributed by atoms with E-state index in [1.807, 2.05) is 6.92 Å². The van der Waals surface area contributed by atoms with E-state index in [1.165, 1.54) is 6.20 Å². The molecule has 0 spiro atoms. The zero-order valence-corrected chi connectivity index (χ0v) is 9.70. The third kappa shape index (κ3) is 5.21. The number of halogens is 1. The Morgan fingerprint density at radius 3 is 3.00 bits per heavy atom.